The standard InChI is InChI=1S/C14H12O4/c1-7-8(2)12(14(17)18)10-6-4-3-5-9(10)11(7)13(15)16/h3-6H,1-2H3,(H,15,16)(H,17,18)/p-2. The molecule has 2 aromatic carbocycles. The van der Waals surface area contributed by atoms with Crippen molar-refractivity contribution in [1.29, 1.82) is 0 Å². The van der Waals surface area contributed by atoms with Crippen LogP contribution in [0.15, 0.2) is 24.3 Å². The van der Waals surface area contributed by atoms with E-state index in [2.05, 4.69) is 0 Å². The molecule has 4 heteroatoms. The first kappa shape index (κ1) is 12.1. The van der Waals surface area contributed by atoms with Crippen LogP contribution < -0.4 is 10.2 Å². The number of carboxylic acids is 2. The van der Waals surface area contributed by atoms with E-state index in [0.717, 1.165) is 0 Å². The van der Waals surface area contributed by atoms with Gasteiger partial charge in [0.25, 0.3) is 0 Å². The molecule has 2 aromatic rings. The number of aromatic carboxylic acids is 2. The topological polar surface area (TPSA) is 80.3 Å². The molecule has 18 heavy (non-hydrogen) atoms. The zero-order valence-electron chi connectivity index (χ0n) is 9.94. The van der Waals surface area contributed by atoms with Crippen LogP contribution >= 0.6 is 0 Å². The highest BCUT2D eigenvalue weighted by Crippen LogP contribution is 2.29. The van der Waals surface area contributed by atoms with Crippen LogP contribution in [0.25, 0.3) is 10.8 Å². The van der Waals surface area contributed by atoms with Crippen LogP contribution in [0.4, 0.5) is 0 Å². The fraction of sp³-hybridized carbons (Fsp3) is 0.143. The van der Waals surface area contributed by atoms with Gasteiger partial charge in [0.15, 0.2) is 0 Å². The lowest BCUT2D eigenvalue weighted by molar-refractivity contribution is -0.256. The van der Waals surface area contributed by atoms with Gasteiger partial charge in [-0.3, -0.25) is 0 Å². The van der Waals surface area contributed by atoms with Crippen LogP contribution in [-0.4, -0.2) is 11.9 Å². The third-order valence-electron chi connectivity index (χ3n) is 3.19. The Hall–Kier alpha value is -2.36. The second kappa shape index (κ2) is 4.14. The average Bonchev–Trinajstić information content (AvgIpc) is 2.29. The minimum atomic E-state index is -1.31. The van der Waals surface area contributed by atoms with E-state index >= 15 is 0 Å². The van der Waals surface area contributed by atoms with E-state index in [1.807, 2.05) is 0 Å². The van der Waals surface area contributed by atoms with Gasteiger partial charge < -0.3 is 19.8 Å². The Labute approximate surface area is 103 Å². The molecule has 0 atom stereocenters. The van der Waals surface area contributed by atoms with Crippen LogP contribution in [0.5, 0.6) is 0 Å². The van der Waals surface area contributed by atoms with E-state index in [9.17, 15) is 19.8 Å². The van der Waals surface area contributed by atoms with Crippen LogP contribution in [0.3, 0.4) is 0 Å². The largest absolute Gasteiger partial charge is 0.545 e. The number of hydrogen-bond acceptors (Lipinski definition) is 4. The molecule has 0 saturated carbocycles. The zero-order valence-corrected chi connectivity index (χ0v) is 9.94. The minimum Gasteiger partial charge on any atom is -0.545 e. The van der Waals surface area contributed by atoms with Crippen molar-refractivity contribution in [2.24, 2.45) is 0 Å². The molecule has 0 aliphatic carbocycles. The van der Waals surface area contributed by atoms with E-state index in [-0.39, 0.29) is 11.1 Å². The van der Waals surface area contributed by atoms with Crippen molar-refractivity contribution in [3.05, 3.63) is 46.5 Å². The van der Waals surface area contributed by atoms with Gasteiger partial charge in [-0.2, -0.15) is 0 Å². The monoisotopic (exact) mass is 242 g/mol. The van der Waals surface area contributed by atoms with Crippen molar-refractivity contribution in [2.45, 2.75) is 13.8 Å². The maximum atomic E-state index is 11.2. The molecule has 92 valence electrons. The highest BCUT2D eigenvalue weighted by atomic mass is 16.4. The molecule has 0 fully saturated rings. The highest BCUT2D eigenvalue weighted by molar-refractivity contribution is 6.12. The number of carbonyl (C=O) groups is 2. The van der Waals surface area contributed by atoms with Crippen molar-refractivity contribution in [1.82, 2.24) is 0 Å². The van der Waals surface area contributed by atoms with Crippen LogP contribution in [0, 0.1) is 13.8 Å². The Bertz CT molecular complexity index is 613. The molecule has 0 bridgehead atoms. The Morgan fingerprint density at radius 3 is 1.44 bits per heavy atom. The van der Waals surface area contributed by atoms with Gasteiger partial charge in [0.1, 0.15) is 0 Å². The lowest BCUT2D eigenvalue weighted by atomic mass is 9.90. The van der Waals surface area contributed by atoms with Crippen molar-refractivity contribution in [3.8, 4) is 0 Å². The molecule has 0 aromatic heterocycles. The Morgan fingerprint density at radius 1 is 0.833 bits per heavy atom. The highest BCUT2D eigenvalue weighted by Gasteiger charge is 2.14. The normalized spacial score (nSPS) is 10.6. The molecular weight excluding hydrogens is 232 g/mol. The van der Waals surface area contributed by atoms with E-state index < -0.39 is 11.9 Å². The maximum absolute atomic E-state index is 11.2. The van der Waals surface area contributed by atoms with E-state index in [1.54, 1.807) is 38.1 Å². The second-order valence-electron chi connectivity index (χ2n) is 4.12. The molecule has 0 heterocycles. The molecule has 0 spiro atoms. The van der Waals surface area contributed by atoms with Crippen molar-refractivity contribution in [2.75, 3.05) is 0 Å². The Kier molecular flexibility index (Phi) is 2.79. The molecule has 0 unspecified atom stereocenters. The van der Waals surface area contributed by atoms with E-state index in [0.29, 0.717) is 21.9 Å². The van der Waals surface area contributed by atoms with Gasteiger partial charge in [0, 0.05) is 11.1 Å². The van der Waals surface area contributed by atoms with Gasteiger partial charge in [-0.15, -0.1) is 0 Å². The van der Waals surface area contributed by atoms with Gasteiger partial charge in [0.05, 0.1) is 11.9 Å². The van der Waals surface area contributed by atoms with Crippen LogP contribution in [0.2, 0.25) is 0 Å². The van der Waals surface area contributed by atoms with Crippen LogP contribution in [-0.2, 0) is 0 Å². The quantitative estimate of drug-likeness (QED) is 0.752. The lowest BCUT2D eigenvalue weighted by Gasteiger charge is -2.19. The first-order chi connectivity index (χ1) is 8.45. The SMILES string of the molecule is Cc1c(C)c(C(=O)[O-])c2ccccc2c1C(=O)[O-]. The summed E-state index contributed by atoms with van der Waals surface area (Å²) in [6.45, 7) is 3.14. The molecule has 0 aliphatic rings. The van der Waals surface area contributed by atoms with E-state index in [4.69, 9.17) is 0 Å². The third kappa shape index (κ3) is 1.62. The number of rotatable bonds is 2. The molecule has 0 aliphatic heterocycles. The molecule has 0 saturated heterocycles. The molecular formula is C14H10O4-2. The van der Waals surface area contributed by atoms with Crippen molar-refractivity contribution in [3.63, 3.8) is 0 Å². The van der Waals surface area contributed by atoms with Gasteiger partial charge in [-0.1, -0.05) is 24.3 Å². The Morgan fingerprint density at radius 2 is 1.17 bits per heavy atom. The number of benzene rings is 2. The summed E-state index contributed by atoms with van der Waals surface area (Å²) in [5, 5.41) is 23.1. The number of fused-ring (bicyclic) bond motifs is 1. The smallest absolute Gasteiger partial charge is 0.0724 e. The first-order valence-electron chi connectivity index (χ1n) is 5.39. The molecule has 0 radical (unpaired) electrons. The fourth-order valence-corrected chi connectivity index (χ4v) is 2.22. The van der Waals surface area contributed by atoms with Gasteiger partial charge in [-0.25, -0.2) is 0 Å². The number of carboxylic acid groups (broad SMARTS) is 2. The summed E-state index contributed by atoms with van der Waals surface area (Å²) in [4.78, 5) is 22.4. The van der Waals surface area contributed by atoms with E-state index in [1.165, 1.54) is 0 Å². The average molecular weight is 242 g/mol. The fourth-order valence-electron chi connectivity index (χ4n) is 2.22. The maximum Gasteiger partial charge on any atom is 0.0724 e. The van der Waals surface area contributed by atoms with Gasteiger partial charge in [0.2, 0.25) is 0 Å². The van der Waals surface area contributed by atoms with Gasteiger partial charge in [-0.05, 0) is 35.7 Å². The first-order valence-corrected chi connectivity index (χ1v) is 5.39. The summed E-state index contributed by atoms with van der Waals surface area (Å²) in [6.07, 6.45) is 0. The summed E-state index contributed by atoms with van der Waals surface area (Å²) >= 11 is 0. The third-order valence-corrected chi connectivity index (χ3v) is 3.19. The Balaban J connectivity index is 3.07. The summed E-state index contributed by atoms with van der Waals surface area (Å²) in [7, 11) is 0. The predicted molar refractivity (Wildman–Crippen MR) is 62.1 cm³/mol. The predicted octanol–water partition coefficient (Wildman–Crippen LogP) is 0.184. The molecule has 0 N–H and O–H groups in total. The number of hydrogen-bond donors (Lipinski definition) is 0. The number of carbonyl (C=O) groups excluding carboxylic acids is 2. The summed E-state index contributed by atoms with van der Waals surface area (Å²) in [6, 6.07) is 6.45. The molecule has 2 rings (SSSR count). The zero-order chi connectivity index (χ0) is 13.4. The van der Waals surface area contributed by atoms with Crippen molar-refractivity contribution >= 4 is 22.7 Å². The summed E-state index contributed by atoms with van der Waals surface area (Å²) < 4.78 is 0. The summed E-state index contributed by atoms with van der Waals surface area (Å²) in [5.74, 6) is -2.62. The van der Waals surface area contributed by atoms with Gasteiger partial charge >= 0.3 is 0 Å². The van der Waals surface area contributed by atoms with Crippen molar-refractivity contribution < 1.29 is 19.8 Å². The molecule has 0 amide bonds. The lowest BCUT2D eigenvalue weighted by Crippen LogP contribution is -2.27. The van der Waals surface area contributed by atoms with Crippen LogP contribution in [0.1, 0.15) is 31.8 Å². The second-order valence-corrected chi connectivity index (χ2v) is 4.12. The molecule has 4 nitrogen and oxygen atoms in total. The summed E-state index contributed by atoms with van der Waals surface area (Å²) in [5.41, 5.74) is 0.863. The minimum absolute atomic E-state index is 0.0353.